The molecule has 2 aromatic carbocycles. The zero-order chi connectivity index (χ0) is 20.4. The summed E-state index contributed by atoms with van der Waals surface area (Å²) in [5.41, 5.74) is 1.28. The molecule has 0 unspecified atom stereocenters. The predicted molar refractivity (Wildman–Crippen MR) is 110 cm³/mol. The van der Waals surface area contributed by atoms with E-state index in [4.69, 9.17) is 4.74 Å². The Balaban J connectivity index is 1.83. The van der Waals surface area contributed by atoms with Crippen molar-refractivity contribution in [2.24, 2.45) is 7.05 Å². The van der Waals surface area contributed by atoms with Gasteiger partial charge in [-0.15, -0.1) is 0 Å². The molecule has 2 heterocycles. The van der Waals surface area contributed by atoms with Crippen molar-refractivity contribution in [3.8, 4) is 5.75 Å². The second-order valence-electron chi connectivity index (χ2n) is 6.53. The molecule has 4 aromatic rings. The Bertz CT molecular complexity index is 1250. The number of nitrogens with one attached hydrogen (secondary N) is 1. The Labute approximate surface area is 169 Å². The van der Waals surface area contributed by atoms with Gasteiger partial charge in [-0.25, -0.2) is 13.4 Å². The topological polar surface area (TPSA) is 86.1 Å². The Morgan fingerprint density at radius 2 is 1.79 bits per heavy atom. The van der Waals surface area contributed by atoms with E-state index in [2.05, 4.69) is 14.7 Å². The highest BCUT2D eigenvalue weighted by Gasteiger charge is 2.27. The number of hydrogen-bond donors (Lipinski definition) is 1. The van der Waals surface area contributed by atoms with Crippen LogP contribution in [0.15, 0.2) is 78.1 Å². The molecule has 148 valence electrons. The molecular weight excluding hydrogens is 388 g/mol. The fourth-order valence-corrected chi connectivity index (χ4v) is 4.69. The molecule has 0 saturated heterocycles. The Hall–Kier alpha value is -3.23. The third kappa shape index (κ3) is 3.59. The van der Waals surface area contributed by atoms with Crippen molar-refractivity contribution in [2.45, 2.75) is 10.9 Å². The van der Waals surface area contributed by atoms with E-state index in [0.29, 0.717) is 22.5 Å². The smallest absolute Gasteiger partial charge is 0.242 e. The largest absolute Gasteiger partial charge is 0.494 e. The van der Waals surface area contributed by atoms with Crippen LogP contribution in [0.1, 0.15) is 17.4 Å². The number of benzene rings is 2. The lowest BCUT2D eigenvalue weighted by molar-refractivity contribution is 0.418. The van der Waals surface area contributed by atoms with Gasteiger partial charge < -0.3 is 9.30 Å². The van der Waals surface area contributed by atoms with Crippen molar-refractivity contribution in [1.82, 2.24) is 19.3 Å². The number of nitrogens with zero attached hydrogens (tertiary/aromatic N) is 3. The van der Waals surface area contributed by atoms with E-state index in [1.54, 1.807) is 41.4 Å². The van der Waals surface area contributed by atoms with E-state index in [0.717, 1.165) is 5.56 Å². The predicted octanol–water partition coefficient (Wildman–Crippen LogP) is 3.04. The quantitative estimate of drug-likeness (QED) is 0.530. The van der Waals surface area contributed by atoms with Crippen molar-refractivity contribution in [3.63, 3.8) is 0 Å². The van der Waals surface area contributed by atoms with Crippen molar-refractivity contribution in [1.29, 1.82) is 0 Å². The van der Waals surface area contributed by atoms with Gasteiger partial charge in [-0.2, -0.15) is 4.72 Å². The van der Waals surface area contributed by atoms with Gasteiger partial charge in [0.1, 0.15) is 23.1 Å². The lowest BCUT2D eigenvalue weighted by Crippen LogP contribution is -2.31. The molecule has 0 bridgehead atoms. The summed E-state index contributed by atoms with van der Waals surface area (Å²) in [5.74, 6) is 1.11. The van der Waals surface area contributed by atoms with Crippen LogP contribution in [0.4, 0.5) is 0 Å². The lowest BCUT2D eigenvalue weighted by Gasteiger charge is -2.20. The van der Waals surface area contributed by atoms with Crippen molar-refractivity contribution < 1.29 is 13.2 Å². The number of methoxy groups -OCH3 is 1. The van der Waals surface area contributed by atoms with E-state index < -0.39 is 16.1 Å². The van der Waals surface area contributed by atoms with Gasteiger partial charge in [-0.1, -0.05) is 30.3 Å². The minimum Gasteiger partial charge on any atom is -0.494 e. The van der Waals surface area contributed by atoms with Gasteiger partial charge in [0.05, 0.1) is 12.0 Å². The fraction of sp³-hybridized carbons (Fsp3) is 0.143. The second kappa shape index (κ2) is 7.65. The summed E-state index contributed by atoms with van der Waals surface area (Å²) < 4.78 is 36.8. The van der Waals surface area contributed by atoms with Crippen LogP contribution in [0.25, 0.3) is 10.9 Å². The Morgan fingerprint density at radius 3 is 2.48 bits per heavy atom. The molecule has 0 saturated carbocycles. The monoisotopic (exact) mass is 408 g/mol. The number of aryl methyl sites for hydroxylation is 1. The summed E-state index contributed by atoms with van der Waals surface area (Å²) in [6.45, 7) is 0. The highest BCUT2D eigenvalue weighted by atomic mass is 32.2. The van der Waals surface area contributed by atoms with Crippen LogP contribution in [-0.4, -0.2) is 30.1 Å². The molecule has 0 aliphatic carbocycles. The summed E-state index contributed by atoms with van der Waals surface area (Å²) in [6.07, 6.45) is 5.04. The maximum Gasteiger partial charge on any atom is 0.242 e. The first-order valence-electron chi connectivity index (χ1n) is 8.97. The molecule has 0 amide bonds. The van der Waals surface area contributed by atoms with Gasteiger partial charge in [0.25, 0.3) is 0 Å². The Morgan fingerprint density at radius 1 is 1.00 bits per heavy atom. The SMILES string of the molecule is COc1ccc(S(=O)(=O)N[C@@H](c2ccccc2)c2nccn2C)c2cccnc12. The van der Waals surface area contributed by atoms with Gasteiger partial charge in [-0.3, -0.25) is 4.98 Å². The van der Waals surface area contributed by atoms with Gasteiger partial charge in [0, 0.05) is 31.0 Å². The Kier molecular flexibility index (Phi) is 5.04. The minimum absolute atomic E-state index is 0.136. The molecule has 8 heteroatoms. The number of pyridine rings is 1. The number of hydrogen-bond acceptors (Lipinski definition) is 5. The molecule has 7 nitrogen and oxygen atoms in total. The standard InChI is InChI=1S/C21H20N4O3S/c1-25-14-13-23-21(25)19(15-7-4-3-5-8-15)24-29(26,27)18-11-10-17(28-2)20-16(18)9-6-12-22-20/h3-14,19,24H,1-2H3/t19-/m0/s1. The van der Waals surface area contributed by atoms with Crippen molar-refractivity contribution in [3.05, 3.63) is 84.6 Å². The van der Waals surface area contributed by atoms with Crippen molar-refractivity contribution >= 4 is 20.9 Å². The molecule has 2 aromatic heterocycles. The molecular formula is C21H20N4O3S. The van der Waals surface area contributed by atoms with Crippen LogP contribution in [0.3, 0.4) is 0 Å². The molecule has 0 aliphatic rings. The molecule has 1 N–H and O–H groups in total. The van der Waals surface area contributed by atoms with E-state index in [9.17, 15) is 8.42 Å². The zero-order valence-electron chi connectivity index (χ0n) is 16.0. The fourth-order valence-electron chi connectivity index (χ4n) is 3.31. The van der Waals surface area contributed by atoms with Gasteiger partial charge >= 0.3 is 0 Å². The van der Waals surface area contributed by atoms with Crippen LogP contribution in [-0.2, 0) is 17.1 Å². The summed E-state index contributed by atoms with van der Waals surface area (Å²) in [6, 6.07) is 15.3. The van der Waals surface area contributed by atoms with Crippen LogP contribution >= 0.6 is 0 Å². The number of fused-ring (bicyclic) bond motifs is 1. The normalized spacial score (nSPS) is 12.8. The molecule has 0 radical (unpaired) electrons. The van der Waals surface area contributed by atoms with Gasteiger partial charge in [-0.05, 0) is 29.8 Å². The van der Waals surface area contributed by atoms with E-state index in [-0.39, 0.29) is 4.90 Å². The highest BCUT2D eigenvalue weighted by molar-refractivity contribution is 7.89. The van der Waals surface area contributed by atoms with E-state index in [1.165, 1.54) is 13.2 Å². The third-order valence-corrected chi connectivity index (χ3v) is 6.21. The van der Waals surface area contributed by atoms with E-state index >= 15 is 0 Å². The average Bonchev–Trinajstić information content (AvgIpc) is 3.17. The number of ether oxygens (including phenoxy) is 1. The van der Waals surface area contributed by atoms with Crippen LogP contribution < -0.4 is 9.46 Å². The summed E-state index contributed by atoms with van der Waals surface area (Å²) in [7, 11) is -0.538. The maximum atomic E-state index is 13.4. The maximum absolute atomic E-state index is 13.4. The molecule has 29 heavy (non-hydrogen) atoms. The third-order valence-electron chi connectivity index (χ3n) is 4.72. The first-order valence-corrected chi connectivity index (χ1v) is 10.5. The number of rotatable bonds is 6. The van der Waals surface area contributed by atoms with Crippen molar-refractivity contribution in [2.75, 3.05) is 7.11 Å². The van der Waals surface area contributed by atoms with E-state index in [1.807, 2.05) is 37.4 Å². The molecule has 4 rings (SSSR count). The number of sulfonamides is 1. The highest BCUT2D eigenvalue weighted by Crippen LogP contribution is 2.31. The average molecular weight is 408 g/mol. The summed E-state index contributed by atoms with van der Waals surface area (Å²) in [5, 5.41) is 0.492. The summed E-state index contributed by atoms with van der Waals surface area (Å²) in [4.78, 5) is 8.79. The molecule has 0 spiro atoms. The van der Waals surface area contributed by atoms with Crippen LogP contribution in [0, 0.1) is 0 Å². The van der Waals surface area contributed by atoms with Gasteiger partial charge in [0.2, 0.25) is 10.0 Å². The molecule has 0 aliphatic heterocycles. The second-order valence-corrected chi connectivity index (χ2v) is 8.21. The summed E-state index contributed by atoms with van der Waals surface area (Å²) >= 11 is 0. The number of imidazole rings is 1. The zero-order valence-corrected chi connectivity index (χ0v) is 16.8. The van der Waals surface area contributed by atoms with Crippen LogP contribution in [0.5, 0.6) is 5.75 Å². The minimum atomic E-state index is -3.90. The lowest BCUT2D eigenvalue weighted by atomic mass is 10.1. The van der Waals surface area contributed by atoms with Crippen LogP contribution in [0.2, 0.25) is 0 Å². The first-order chi connectivity index (χ1) is 14.0. The molecule has 1 atom stereocenters. The van der Waals surface area contributed by atoms with Gasteiger partial charge in [0.15, 0.2) is 0 Å². The first kappa shape index (κ1) is 19.1. The number of aromatic nitrogens is 3. The molecule has 0 fully saturated rings.